The maximum atomic E-state index is 13.7. The highest BCUT2D eigenvalue weighted by atomic mass is 32.1. The summed E-state index contributed by atoms with van der Waals surface area (Å²) in [7, 11) is 0. The Morgan fingerprint density at radius 3 is 2.72 bits per heavy atom. The van der Waals surface area contributed by atoms with Crippen LogP contribution in [-0.4, -0.2) is 56.8 Å². The number of nitrogens with one attached hydrogen (secondary N) is 2. The van der Waals surface area contributed by atoms with Gasteiger partial charge in [-0.25, -0.2) is 18.7 Å². The Labute approximate surface area is 268 Å². The van der Waals surface area contributed by atoms with Crippen molar-refractivity contribution >= 4 is 40.1 Å². The summed E-state index contributed by atoms with van der Waals surface area (Å²) in [6, 6.07) is 13.5. The van der Waals surface area contributed by atoms with Crippen molar-refractivity contribution in [3.8, 4) is 16.5 Å². The van der Waals surface area contributed by atoms with E-state index in [1.54, 1.807) is 41.3 Å². The minimum Gasteiger partial charge on any atom is -0.333 e. The number of nitrogens with zero attached hydrogens (tertiary/aromatic N) is 5. The molecule has 1 aromatic carbocycles. The second kappa shape index (κ2) is 13.8. The molecule has 5 rings (SSSR count). The quantitative estimate of drug-likeness (QED) is 0.117. The number of imidazole rings is 1. The van der Waals surface area contributed by atoms with E-state index in [0.29, 0.717) is 45.9 Å². The Morgan fingerprint density at radius 2 is 2.00 bits per heavy atom. The van der Waals surface area contributed by atoms with Crippen LogP contribution in [0.25, 0.3) is 21.5 Å². The maximum absolute atomic E-state index is 13.7. The van der Waals surface area contributed by atoms with E-state index < -0.39 is 24.8 Å². The summed E-state index contributed by atoms with van der Waals surface area (Å²) in [6.07, 6.45) is 2.02. The first-order valence-electron chi connectivity index (χ1n) is 14.9. The molecule has 0 radical (unpaired) electrons. The number of anilines is 1. The Kier molecular flexibility index (Phi) is 9.88. The molecule has 3 aromatic heterocycles. The number of rotatable bonds is 10. The summed E-state index contributed by atoms with van der Waals surface area (Å²) < 4.78 is 40.9. The molecule has 1 fully saturated rings. The normalized spacial score (nSPS) is 15.5. The first-order chi connectivity index (χ1) is 21.9. The van der Waals surface area contributed by atoms with Gasteiger partial charge in [-0.15, -0.1) is 11.3 Å². The number of nitriles is 1. The lowest BCUT2D eigenvalue weighted by Crippen LogP contribution is -2.39. The smallest absolute Gasteiger partial charge is 0.268 e. The highest BCUT2D eigenvalue weighted by molar-refractivity contribution is 7.17. The van der Waals surface area contributed by atoms with Gasteiger partial charge >= 0.3 is 0 Å². The fraction of sp³-hybridized carbons (Fsp3) is 0.364. The molecule has 2 N–H and O–H groups in total. The van der Waals surface area contributed by atoms with Crippen molar-refractivity contribution in [2.45, 2.75) is 59.2 Å². The zero-order valence-electron chi connectivity index (χ0n) is 25.7. The summed E-state index contributed by atoms with van der Waals surface area (Å²) in [5.41, 5.74) is 2.31. The van der Waals surface area contributed by atoms with Gasteiger partial charge in [-0.05, 0) is 59.7 Å². The number of halogens is 3. The molecule has 4 heterocycles. The van der Waals surface area contributed by atoms with Crippen molar-refractivity contribution in [1.29, 1.82) is 5.26 Å². The number of aromatic nitrogens is 3. The van der Waals surface area contributed by atoms with Gasteiger partial charge in [-0.2, -0.15) is 9.65 Å². The number of carbonyl (C=O) groups is 2. The summed E-state index contributed by atoms with van der Waals surface area (Å²) in [5, 5.41) is 15.4. The zero-order valence-corrected chi connectivity index (χ0v) is 26.5. The van der Waals surface area contributed by atoms with Gasteiger partial charge in [0, 0.05) is 36.8 Å². The van der Waals surface area contributed by atoms with Gasteiger partial charge in [0.1, 0.15) is 11.6 Å². The number of benzene rings is 1. The third-order valence-corrected chi connectivity index (χ3v) is 8.60. The average Bonchev–Trinajstić information content (AvgIpc) is 3.75. The number of pyridine rings is 1. The Balaban J connectivity index is 1.45. The van der Waals surface area contributed by atoms with Gasteiger partial charge in [0.25, 0.3) is 18.2 Å². The van der Waals surface area contributed by atoms with Crippen molar-refractivity contribution in [1.82, 2.24) is 24.8 Å². The molecule has 1 aliphatic heterocycles. The zero-order chi connectivity index (χ0) is 33.0. The molecule has 1 saturated heterocycles. The van der Waals surface area contributed by atoms with Gasteiger partial charge in [0.15, 0.2) is 0 Å². The van der Waals surface area contributed by atoms with Crippen molar-refractivity contribution < 1.29 is 22.8 Å². The molecule has 240 valence electrons. The van der Waals surface area contributed by atoms with Gasteiger partial charge in [0.2, 0.25) is 11.9 Å². The van der Waals surface area contributed by atoms with Gasteiger partial charge in [-0.1, -0.05) is 32.9 Å². The topological polar surface area (TPSA) is 116 Å². The molecule has 0 unspecified atom stereocenters. The van der Waals surface area contributed by atoms with E-state index in [4.69, 9.17) is 4.98 Å². The van der Waals surface area contributed by atoms with Crippen LogP contribution < -0.4 is 10.6 Å². The molecular weight excluding hydrogens is 615 g/mol. The van der Waals surface area contributed by atoms with Crippen LogP contribution >= 0.6 is 11.3 Å². The maximum Gasteiger partial charge on any atom is 0.268 e. The summed E-state index contributed by atoms with van der Waals surface area (Å²) >= 11 is 1.19. The highest BCUT2D eigenvalue weighted by Gasteiger charge is 2.32. The Morgan fingerprint density at radius 1 is 1.20 bits per heavy atom. The van der Waals surface area contributed by atoms with E-state index in [-0.39, 0.29) is 35.4 Å². The summed E-state index contributed by atoms with van der Waals surface area (Å²) in [5.74, 6) is -1.11. The first kappa shape index (κ1) is 32.8. The molecule has 9 nitrogen and oxygen atoms in total. The van der Waals surface area contributed by atoms with E-state index in [1.165, 1.54) is 23.6 Å². The molecule has 0 saturated carbocycles. The van der Waals surface area contributed by atoms with Crippen LogP contribution in [0.3, 0.4) is 0 Å². The van der Waals surface area contributed by atoms with Crippen LogP contribution in [0.2, 0.25) is 0 Å². The fourth-order valence-electron chi connectivity index (χ4n) is 5.46. The molecule has 0 spiro atoms. The van der Waals surface area contributed by atoms with E-state index in [0.717, 1.165) is 12.0 Å². The van der Waals surface area contributed by atoms with Crippen molar-refractivity contribution in [2.75, 3.05) is 18.4 Å². The summed E-state index contributed by atoms with van der Waals surface area (Å²) in [6.45, 7) is 6.35. The van der Waals surface area contributed by atoms with Crippen LogP contribution in [-0.2, 0) is 17.9 Å². The molecule has 1 atom stereocenters. The third-order valence-electron chi connectivity index (χ3n) is 7.47. The molecule has 2 amide bonds. The molecule has 4 aromatic rings. The molecule has 13 heteroatoms. The van der Waals surface area contributed by atoms with Crippen molar-refractivity contribution in [2.24, 2.45) is 5.41 Å². The van der Waals surface area contributed by atoms with Crippen molar-refractivity contribution in [3.63, 3.8) is 0 Å². The first-order valence-corrected chi connectivity index (χ1v) is 15.7. The van der Waals surface area contributed by atoms with Gasteiger partial charge < -0.3 is 14.8 Å². The number of fused-ring (bicyclic) bond motifs is 1. The standard InChI is InChI=1S/C33H34F3N7O2S/c1-33(2,3)15-22(16-37)31(45)42-12-4-5-23(42)19-43-25-7-6-20(17-38-18-28(34)35)13-24(25)40-32(43)41-30(44)27-9-8-26(46-27)21-10-11-39-29(36)14-21/h6-11,13-15,23,28,38H,4-5,12,17-19H2,1-3H3,(H,40,41,44)/t23-/m1/s1. The monoisotopic (exact) mass is 649 g/mol. The molecular formula is C33H34F3N7O2S. The second-order valence-corrected chi connectivity index (χ2v) is 13.3. The Hall–Kier alpha value is -4.54. The van der Waals surface area contributed by atoms with E-state index in [1.807, 2.05) is 31.4 Å². The number of thiophene rings is 1. The van der Waals surface area contributed by atoms with E-state index >= 15 is 0 Å². The minimum absolute atomic E-state index is 0.0898. The number of likely N-dealkylation sites (tertiary alicyclic amines) is 1. The predicted octanol–water partition coefficient (Wildman–Crippen LogP) is 6.39. The van der Waals surface area contributed by atoms with Gasteiger partial charge in [-0.3, -0.25) is 14.9 Å². The Bertz CT molecular complexity index is 1820. The lowest BCUT2D eigenvalue weighted by Gasteiger charge is -2.26. The molecule has 0 aliphatic carbocycles. The molecule has 0 bridgehead atoms. The largest absolute Gasteiger partial charge is 0.333 e. The number of carbonyl (C=O) groups excluding carboxylic acids is 2. The van der Waals surface area contributed by atoms with E-state index in [2.05, 4.69) is 21.7 Å². The number of amides is 2. The minimum atomic E-state index is -2.48. The highest BCUT2D eigenvalue weighted by Crippen LogP contribution is 2.31. The predicted molar refractivity (Wildman–Crippen MR) is 171 cm³/mol. The van der Waals surface area contributed by atoms with Crippen LogP contribution in [0.1, 0.15) is 48.8 Å². The number of allylic oxidation sites excluding steroid dienone is 1. The second-order valence-electron chi connectivity index (χ2n) is 12.2. The van der Waals surface area contributed by atoms with E-state index in [9.17, 15) is 28.0 Å². The average molecular weight is 650 g/mol. The molecule has 46 heavy (non-hydrogen) atoms. The summed E-state index contributed by atoms with van der Waals surface area (Å²) in [4.78, 5) is 38.0. The van der Waals surface area contributed by atoms with Crippen LogP contribution in [0.4, 0.5) is 19.1 Å². The lowest BCUT2D eigenvalue weighted by molar-refractivity contribution is -0.127. The van der Waals surface area contributed by atoms with Gasteiger partial charge in [0.05, 0.1) is 28.5 Å². The fourth-order valence-corrected chi connectivity index (χ4v) is 6.36. The number of hydrogen-bond donors (Lipinski definition) is 2. The lowest BCUT2D eigenvalue weighted by atomic mass is 9.93. The number of hydrogen-bond acceptors (Lipinski definition) is 7. The molecule has 1 aliphatic rings. The number of alkyl halides is 2. The van der Waals surface area contributed by atoms with Crippen LogP contribution in [0.5, 0.6) is 0 Å². The van der Waals surface area contributed by atoms with Crippen LogP contribution in [0, 0.1) is 22.7 Å². The van der Waals surface area contributed by atoms with Crippen molar-refractivity contribution in [3.05, 3.63) is 76.7 Å². The SMILES string of the molecule is CC(C)(C)C=C(C#N)C(=O)N1CCC[C@@H]1Cn1c(NC(=O)c2ccc(-c3ccnc(F)c3)s2)nc2cc(CNCC(F)F)ccc21. The van der Waals surface area contributed by atoms with Crippen LogP contribution in [0.15, 0.2) is 60.3 Å². The third kappa shape index (κ3) is 7.81.